The van der Waals surface area contributed by atoms with Crippen LogP contribution < -0.4 is 10.6 Å². The molecule has 1 atom stereocenters. The topological polar surface area (TPSA) is 76.0 Å². The number of unbranched alkanes of at least 4 members (excludes halogenated alkanes) is 1. The molecule has 4 aromatic rings. The first-order valence-electron chi connectivity index (χ1n) is 12.1. The molecule has 35 heavy (non-hydrogen) atoms. The Morgan fingerprint density at radius 2 is 1.66 bits per heavy atom. The molecule has 0 aliphatic carbocycles. The van der Waals surface area contributed by atoms with Crippen LogP contribution in [0.1, 0.15) is 58.0 Å². The van der Waals surface area contributed by atoms with Gasteiger partial charge >= 0.3 is 0 Å². The van der Waals surface area contributed by atoms with Crippen LogP contribution in [0.25, 0.3) is 16.9 Å². The molecule has 0 saturated heterocycles. The number of nitrogens with one attached hydrogen (secondary N) is 2. The highest BCUT2D eigenvalue weighted by atomic mass is 16.2. The van der Waals surface area contributed by atoms with Crippen molar-refractivity contribution in [3.63, 3.8) is 0 Å². The number of hydrogen-bond acceptors (Lipinski definition) is 3. The summed E-state index contributed by atoms with van der Waals surface area (Å²) < 4.78 is 1.88. The number of para-hydroxylation sites is 1. The average molecular weight is 465 g/mol. The van der Waals surface area contributed by atoms with Crippen LogP contribution in [-0.4, -0.2) is 27.9 Å². The molecule has 1 aliphatic rings. The molecule has 3 aromatic carbocycles. The van der Waals surface area contributed by atoms with Gasteiger partial charge in [-0.3, -0.25) is 14.2 Å². The standard InChI is InChI=1S/C29H28N4O2/c1-2-3-18-30-29(35)26-25(21-14-8-5-9-15-21)32-27-23(19-20-12-6-4-7-13-20)31-28(34)22-16-10-11-17-24(22)33(26)27/h4-17,23H,2-3,18-19H2,1H3,(H,30,35)(H,31,34). The summed E-state index contributed by atoms with van der Waals surface area (Å²) in [5, 5.41) is 6.24. The first kappa shape index (κ1) is 22.6. The Morgan fingerprint density at radius 1 is 0.971 bits per heavy atom. The Kier molecular flexibility index (Phi) is 6.44. The Labute approximate surface area is 205 Å². The third-order valence-corrected chi connectivity index (χ3v) is 6.27. The fraction of sp³-hybridized carbons (Fsp3) is 0.207. The number of nitrogens with zero attached hydrogens (tertiary/aromatic N) is 2. The van der Waals surface area contributed by atoms with Crippen molar-refractivity contribution < 1.29 is 9.59 Å². The number of hydrogen-bond donors (Lipinski definition) is 2. The minimum absolute atomic E-state index is 0.175. The third-order valence-electron chi connectivity index (χ3n) is 6.27. The molecule has 5 rings (SSSR count). The van der Waals surface area contributed by atoms with Crippen molar-refractivity contribution in [2.24, 2.45) is 0 Å². The third kappa shape index (κ3) is 4.47. The summed E-state index contributed by atoms with van der Waals surface area (Å²) >= 11 is 0. The summed E-state index contributed by atoms with van der Waals surface area (Å²) in [5.74, 6) is 0.274. The van der Waals surface area contributed by atoms with Crippen LogP contribution in [0, 0.1) is 0 Å². The van der Waals surface area contributed by atoms with Gasteiger partial charge in [-0.15, -0.1) is 0 Å². The minimum atomic E-state index is -0.406. The van der Waals surface area contributed by atoms with Gasteiger partial charge in [0.25, 0.3) is 11.8 Å². The number of rotatable bonds is 7. The molecule has 0 bridgehead atoms. The van der Waals surface area contributed by atoms with E-state index in [9.17, 15) is 9.59 Å². The molecule has 6 heteroatoms. The quantitative estimate of drug-likeness (QED) is 0.374. The molecule has 2 N–H and O–H groups in total. The first-order valence-corrected chi connectivity index (χ1v) is 12.1. The maximum atomic E-state index is 13.6. The van der Waals surface area contributed by atoms with Crippen molar-refractivity contribution in [3.8, 4) is 16.9 Å². The fourth-order valence-corrected chi connectivity index (χ4v) is 4.54. The SMILES string of the molecule is CCCCNC(=O)c1c(-c2ccccc2)nc2n1-c1ccccc1C(=O)NC2Cc1ccccc1. The van der Waals surface area contributed by atoms with Gasteiger partial charge in [0, 0.05) is 12.1 Å². The van der Waals surface area contributed by atoms with Crippen LogP contribution in [0.4, 0.5) is 0 Å². The summed E-state index contributed by atoms with van der Waals surface area (Å²) in [6.45, 7) is 2.67. The Balaban J connectivity index is 1.73. The van der Waals surface area contributed by atoms with Crippen LogP contribution in [0.2, 0.25) is 0 Å². The Bertz CT molecular complexity index is 1350. The summed E-state index contributed by atoms with van der Waals surface area (Å²) in [6, 6.07) is 26.7. The van der Waals surface area contributed by atoms with Gasteiger partial charge in [-0.1, -0.05) is 86.1 Å². The van der Waals surface area contributed by atoms with E-state index in [2.05, 4.69) is 17.6 Å². The lowest BCUT2D eigenvalue weighted by molar-refractivity contribution is 0.0933. The zero-order valence-corrected chi connectivity index (χ0v) is 19.7. The molecular weight excluding hydrogens is 436 g/mol. The summed E-state index contributed by atoms with van der Waals surface area (Å²) in [5.41, 5.74) is 4.17. The van der Waals surface area contributed by atoms with Gasteiger partial charge in [0.2, 0.25) is 0 Å². The lowest BCUT2D eigenvalue weighted by Gasteiger charge is -2.17. The maximum absolute atomic E-state index is 13.6. The normalized spacial score (nSPS) is 14.4. The van der Waals surface area contributed by atoms with Crippen molar-refractivity contribution in [3.05, 3.63) is 108 Å². The highest BCUT2D eigenvalue weighted by molar-refractivity contribution is 6.02. The molecule has 2 amide bonds. The second kappa shape index (κ2) is 9.97. The molecule has 176 valence electrons. The largest absolute Gasteiger partial charge is 0.351 e. The molecule has 2 heterocycles. The summed E-state index contributed by atoms with van der Waals surface area (Å²) in [7, 11) is 0. The predicted molar refractivity (Wildman–Crippen MR) is 137 cm³/mol. The van der Waals surface area contributed by atoms with Gasteiger partial charge < -0.3 is 10.6 Å². The van der Waals surface area contributed by atoms with Crippen molar-refractivity contribution in [2.75, 3.05) is 6.54 Å². The lowest BCUT2D eigenvalue weighted by atomic mass is 10.1. The molecule has 1 aliphatic heterocycles. The number of carbonyl (C=O) groups is 2. The average Bonchev–Trinajstić information content (AvgIpc) is 3.25. The van der Waals surface area contributed by atoms with Gasteiger partial charge in [0.15, 0.2) is 0 Å². The van der Waals surface area contributed by atoms with E-state index in [1.54, 1.807) is 6.07 Å². The molecule has 0 saturated carbocycles. The number of fused-ring (bicyclic) bond motifs is 3. The molecule has 6 nitrogen and oxygen atoms in total. The summed E-state index contributed by atoms with van der Waals surface area (Å²) in [6.07, 6.45) is 2.43. The zero-order valence-electron chi connectivity index (χ0n) is 19.7. The van der Waals surface area contributed by atoms with Crippen molar-refractivity contribution in [2.45, 2.75) is 32.2 Å². The summed E-state index contributed by atoms with van der Waals surface area (Å²) in [4.78, 5) is 31.9. The van der Waals surface area contributed by atoms with Crippen molar-refractivity contribution in [1.29, 1.82) is 0 Å². The Hall–Kier alpha value is -4.19. The Morgan fingerprint density at radius 3 is 2.40 bits per heavy atom. The van der Waals surface area contributed by atoms with Gasteiger partial charge in [-0.25, -0.2) is 4.98 Å². The molecular formula is C29H28N4O2. The number of amides is 2. The number of aromatic nitrogens is 2. The molecule has 0 spiro atoms. The van der Waals surface area contributed by atoms with Crippen molar-refractivity contribution in [1.82, 2.24) is 20.2 Å². The number of benzene rings is 3. The smallest absolute Gasteiger partial charge is 0.270 e. The van der Waals surface area contributed by atoms with Crippen LogP contribution in [0.5, 0.6) is 0 Å². The van der Waals surface area contributed by atoms with E-state index in [1.165, 1.54) is 0 Å². The molecule has 0 fully saturated rings. The van der Waals surface area contributed by atoms with Gasteiger partial charge in [-0.05, 0) is 30.5 Å². The molecule has 1 unspecified atom stereocenters. The van der Waals surface area contributed by atoms with E-state index in [0.29, 0.717) is 41.4 Å². The van der Waals surface area contributed by atoms with Gasteiger partial charge in [-0.2, -0.15) is 0 Å². The van der Waals surface area contributed by atoms with Crippen molar-refractivity contribution >= 4 is 11.8 Å². The molecule has 0 radical (unpaired) electrons. The van der Waals surface area contributed by atoms with E-state index in [4.69, 9.17) is 4.98 Å². The van der Waals surface area contributed by atoms with Crippen LogP contribution in [0.15, 0.2) is 84.9 Å². The van der Waals surface area contributed by atoms with Crippen LogP contribution in [0.3, 0.4) is 0 Å². The second-order valence-corrected chi connectivity index (χ2v) is 8.71. The van der Waals surface area contributed by atoms with Crippen LogP contribution >= 0.6 is 0 Å². The predicted octanol–water partition coefficient (Wildman–Crippen LogP) is 5.10. The highest BCUT2D eigenvalue weighted by Crippen LogP contribution is 2.34. The lowest BCUT2D eigenvalue weighted by Crippen LogP contribution is -2.29. The number of imidazole rings is 1. The van der Waals surface area contributed by atoms with E-state index < -0.39 is 6.04 Å². The first-order chi connectivity index (χ1) is 17.2. The minimum Gasteiger partial charge on any atom is -0.351 e. The zero-order chi connectivity index (χ0) is 24.2. The second-order valence-electron chi connectivity index (χ2n) is 8.71. The fourth-order valence-electron chi connectivity index (χ4n) is 4.54. The van der Waals surface area contributed by atoms with E-state index in [0.717, 1.165) is 24.0 Å². The highest BCUT2D eigenvalue weighted by Gasteiger charge is 2.34. The number of carbonyl (C=O) groups excluding carboxylic acids is 2. The maximum Gasteiger partial charge on any atom is 0.270 e. The van der Waals surface area contributed by atoms with E-state index in [1.807, 2.05) is 83.4 Å². The monoisotopic (exact) mass is 464 g/mol. The van der Waals surface area contributed by atoms with E-state index >= 15 is 0 Å². The van der Waals surface area contributed by atoms with Gasteiger partial charge in [0.05, 0.1) is 17.3 Å². The van der Waals surface area contributed by atoms with Gasteiger partial charge in [0.1, 0.15) is 17.2 Å². The van der Waals surface area contributed by atoms with Crippen LogP contribution in [-0.2, 0) is 6.42 Å². The molecule has 1 aromatic heterocycles. The van der Waals surface area contributed by atoms with E-state index in [-0.39, 0.29) is 11.8 Å².